The second kappa shape index (κ2) is 4.86. The molecule has 0 spiro atoms. The van der Waals surface area contributed by atoms with Crippen molar-refractivity contribution in [1.82, 2.24) is 10.2 Å². The Morgan fingerprint density at radius 1 is 1.23 bits per heavy atom. The fraction of sp³-hybridized carbons (Fsp3) is 1.00. The van der Waals surface area contributed by atoms with Crippen LogP contribution in [0.1, 0.15) is 19.3 Å². The highest BCUT2D eigenvalue weighted by Crippen LogP contribution is 2.19. The highest BCUT2D eigenvalue weighted by atomic mass is 19.3. The van der Waals surface area contributed by atoms with Gasteiger partial charge >= 0.3 is 0 Å². The van der Waals surface area contributed by atoms with E-state index in [2.05, 4.69) is 17.3 Å². The van der Waals surface area contributed by atoms with Crippen LogP contribution in [0.5, 0.6) is 0 Å². The van der Waals surface area contributed by atoms with Gasteiger partial charge in [0.2, 0.25) is 0 Å². The molecule has 0 amide bonds. The summed E-state index contributed by atoms with van der Waals surface area (Å²) in [6.45, 7) is 2.97. The number of rotatable bonds is 0. The van der Waals surface area contributed by atoms with Gasteiger partial charge in [-0.25, -0.2) is 8.78 Å². The predicted octanol–water partition coefficient (Wildman–Crippen LogP) is 1.33. The zero-order valence-electron chi connectivity index (χ0n) is 8.15. The Labute approximate surface area is 78.3 Å². The molecular weight excluding hydrogens is 174 g/mol. The maximum Gasteiger partial charge on any atom is 0.261 e. The van der Waals surface area contributed by atoms with Crippen LogP contribution in [-0.4, -0.2) is 44.0 Å². The number of halogens is 2. The van der Waals surface area contributed by atoms with E-state index in [-0.39, 0.29) is 13.0 Å². The molecule has 0 radical (unpaired) electrons. The number of alkyl halides is 2. The molecule has 2 heterocycles. The summed E-state index contributed by atoms with van der Waals surface area (Å²) in [5.74, 6) is -2.42. The third kappa shape index (κ3) is 4.52. The summed E-state index contributed by atoms with van der Waals surface area (Å²) in [6.07, 6.45) is 2.83. The first-order valence-electron chi connectivity index (χ1n) is 4.87. The second-order valence-electron chi connectivity index (χ2n) is 3.79. The fourth-order valence-electron chi connectivity index (χ4n) is 1.51. The van der Waals surface area contributed by atoms with E-state index in [0.717, 1.165) is 0 Å². The van der Waals surface area contributed by atoms with Crippen LogP contribution in [-0.2, 0) is 0 Å². The summed E-state index contributed by atoms with van der Waals surface area (Å²) in [5.41, 5.74) is 0. The van der Waals surface area contributed by atoms with Crippen molar-refractivity contribution in [1.29, 1.82) is 0 Å². The average molecular weight is 192 g/mol. The van der Waals surface area contributed by atoms with Gasteiger partial charge in [0.15, 0.2) is 0 Å². The minimum atomic E-state index is -2.42. The van der Waals surface area contributed by atoms with Crippen molar-refractivity contribution in [2.75, 3.05) is 33.2 Å². The number of likely N-dealkylation sites (tertiary alicyclic amines) is 1. The summed E-state index contributed by atoms with van der Waals surface area (Å²) < 4.78 is 23.8. The van der Waals surface area contributed by atoms with E-state index in [4.69, 9.17) is 0 Å². The van der Waals surface area contributed by atoms with Gasteiger partial charge in [0.05, 0.1) is 6.54 Å². The standard InChI is InChI=1S/C5H11N.C4H7F2N/c1-6-4-2-3-5-6;5-4(6)1-2-7-3-4/h2-5H2,1H3;7H,1-3H2. The van der Waals surface area contributed by atoms with Crippen LogP contribution in [0.25, 0.3) is 0 Å². The van der Waals surface area contributed by atoms with Gasteiger partial charge in [-0.3, -0.25) is 0 Å². The van der Waals surface area contributed by atoms with Crippen LogP contribution < -0.4 is 5.32 Å². The summed E-state index contributed by atoms with van der Waals surface area (Å²) in [6, 6.07) is 0. The summed E-state index contributed by atoms with van der Waals surface area (Å²) >= 11 is 0. The highest BCUT2D eigenvalue weighted by Gasteiger charge is 2.32. The van der Waals surface area contributed by atoms with Crippen molar-refractivity contribution in [3.05, 3.63) is 0 Å². The van der Waals surface area contributed by atoms with Gasteiger partial charge in [-0.05, 0) is 33.0 Å². The molecule has 4 heteroatoms. The van der Waals surface area contributed by atoms with Gasteiger partial charge in [0, 0.05) is 13.0 Å². The Kier molecular flexibility index (Phi) is 4.06. The number of nitrogens with one attached hydrogen (secondary N) is 1. The molecule has 2 saturated heterocycles. The predicted molar refractivity (Wildman–Crippen MR) is 49.2 cm³/mol. The van der Waals surface area contributed by atoms with Crippen LogP contribution >= 0.6 is 0 Å². The van der Waals surface area contributed by atoms with Gasteiger partial charge in [-0.15, -0.1) is 0 Å². The monoisotopic (exact) mass is 192 g/mol. The smallest absolute Gasteiger partial charge is 0.261 e. The van der Waals surface area contributed by atoms with Crippen molar-refractivity contribution in [2.24, 2.45) is 0 Å². The van der Waals surface area contributed by atoms with Gasteiger partial charge < -0.3 is 10.2 Å². The lowest BCUT2D eigenvalue weighted by Gasteiger charge is -2.02. The fourth-order valence-corrected chi connectivity index (χ4v) is 1.51. The van der Waals surface area contributed by atoms with E-state index in [0.29, 0.717) is 6.54 Å². The molecule has 2 aliphatic rings. The van der Waals surface area contributed by atoms with E-state index in [9.17, 15) is 8.78 Å². The van der Waals surface area contributed by atoms with Crippen molar-refractivity contribution >= 4 is 0 Å². The quantitative estimate of drug-likeness (QED) is 0.623. The van der Waals surface area contributed by atoms with Crippen molar-refractivity contribution in [3.8, 4) is 0 Å². The second-order valence-corrected chi connectivity index (χ2v) is 3.79. The van der Waals surface area contributed by atoms with Crippen molar-refractivity contribution < 1.29 is 8.78 Å². The molecule has 0 aromatic heterocycles. The van der Waals surface area contributed by atoms with E-state index in [1.807, 2.05) is 0 Å². The van der Waals surface area contributed by atoms with E-state index in [1.165, 1.54) is 25.9 Å². The molecule has 0 unspecified atom stereocenters. The van der Waals surface area contributed by atoms with Gasteiger partial charge in [-0.1, -0.05) is 0 Å². The molecule has 0 aromatic rings. The maximum absolute atomic E-state index is 11.9. The van der Waals surface area contributed by atoms with E-state index < -0.39 is 5.92 Å². The Morgan fingerprint density at radius 2 is 1.85 bits per heavy atom. The van der Waals surface area contributed by atoms with Crippen LogP contribution in [0, 0.1) is 0 Å². The Balaban J connectivity index is 0.000000132. The van der Waals surface area contributed by atoms with Crippen molar-refractivity contribution in [2.45, 2.75) is 25.2 Å². The summed E-state index contributed by atoms with van der Waals surface area (Å²) in [5, 5.41) is 2.56. The molecular formula is C9H18F2N2. The number of hydrogen-bond acceptors (Lipinski definition) is 2. The summed E-state index contributed by atoms with van der Waals surface area (Å²) in [7, 11) is 2.17. The normalized spacial score (nSPS) is 27.0. The maximum atomic E-state index is 11.9. The first kappa shape index (κ1) is 10.9. The molecule has 0 aromatic carbocycles. The van der Waals surface area contributed by atoms with E-state index >= 15 is 0 Å². The molecule has 2 fully saturated rings. The number of nitrogens with zero attached hydrogens (tertiary/aromatic N) is 1. The first-order chi connectivity index (χ1) is 6.10. The Hall–Kier alpha value is -0.220. The molecule has 0 bridgehead atoms. The third-order valence-corrected chi connectivity index (χ3v) is 2.38. The molecule has 2 aliphatic heterocycles. The molecule has 0 aliphatic carbocycles. The SMILES string of the molecule is CN1CCCC1.FC1(F)CCNC1. The van der Waals surface area contributed by atoms with Crippen molar-refractivity contribution in [3.63, 3.8) is 0 Å². The zero-order valence-corrected chi connectivity index (χ0v) is 8.15. The third-order valence-electron chi connectivity index (χ3n) is 2.38. The highest BCUT2D eigenvalue weighted by molar-refractivity contribution is 4.77. The zero-order chi connectivity index (χ0) is 9.73. The van der Waals surface area contributed by atoms with E-state index in [1.54, 1.807) is 0 Å². The Bertz CT molecular complexity index is 137. The van der Waals surface area contributed by atoms with Gasteiger partial charge in [0.25, 0.3) is 5.92 Å². The molecule has 13 heavy (non-hydrogen) atoms. The molecule has 78 valence electrons. The van der Waals surface area contributed by atoms with Crippen LogP contribution in [0.2, 0.25) is 0 Å². The number of hydrogen-bond donors (Lipinski definition) is 1. The van der Waals surface area contributed by atoms with Crippen LogP contribution in [0.3, 0.4) is 0 Å². The molecule has 1 N–H and O–H groups in total. The lowest BCUT2D eigenvalue weighted by molar-refractivity contribution is 0.0238. The molecule has 0 saturated carbocycles. The Morgan fingerprint density at radius 3 is 2.00 bits per heavy atom. The summed E-state index contributed by atoms with van der Waals surface area (Å²) in [4.78, 5) is 2.36. The average Bonchev–Trinajstić information content (AvgIpc) is 2.62. The topological polar surface area (TPSA) is 15.3 Å². The minimum absolute atomic E-state index is 0.00694. The lowest BCUT2D eigenvalue weighted by Crippen LogP contribution is -2.18. The molecule has 2 rings (SSSR count). The molecule has 0 atom stereocenters. The van der Waals surface area contributed by atoms with Gasteiger partial charge in [-0.2, -0.15) is 0 Å². The van der Waals surface area contributed by atoms with Crippen LogP contribution in [0.4, 0.5) is 8.78 Å². The van der Waals surface area contributed by atoms with Crippen LogP contribution in [0.15, 0.2) is 0 Å². The van der Waals surface area contributed by atoms with Gasteiger partial charge in [0.1, 0.15) is 0 Å². The first-order valence-corrected chi connectivity index (χ1v) is 4.87. The molecule has 2 nitrogen and oxygen atoms in total. The lowest BCUT2D eigenvalue weighted by atomic mass is 10.3. The largest absolute Gasteiger partial charge is 0.311 e. The minimum Gasteiger partial charge on any atom is -0.311 e.